The lowest BCUT2D eigenvalue weighted by Gasteiger charge is -2.56. The highest BCUT2D eigenvalue weighted by atomic mass is 16.2. The molecule has 6 nitrogen and oxygen atoms in total. The number of carbonyl (C=O) groups excluding carboxylic acids is 3. The van der Waals surface area contributed by atoms with Crippen molar-refractivity contribution in [1.82, 2.24) is 16.0 Å². The van der Waals surface area contributed by atoms with Gasteiger partial charge in [-0.15, -0.1) is 0 Å². The zero-order valence-electron chi connectivity index (χ0n) is 18.8. The molecule has 5 saturated carbocycles. The quantitative estimate of drug-likeness (QED) is 0.555. The van der Waals surface area contributed by atoms with Gasteiger partial charge in [0.2, 0.25) is 17.7 Å². The predicted molar refractivity (Wildman–Crippen MR) is 121 cm³/mol. The van der Waals surface area contributed by atoms with Crippen molar-refractivity contribution in [1.29, 1.82) is 0 Å². The molecule has 3 N–H and O–H groups in total. The van der Waals surface area contributed by atoms with Gasteiger partial charge in [0.05, 0.1) is 6.54 Å². The number of nitrogens with one attached hydrogen (secondary N) is 3. The second-order valence-corrected chi connectivity index (χ2v) is 11.0. The van der Waals surface area contributed by atoms with Crippen LogP contribution in [0.2, 0.25) is 0 Å². The lowest BCUT2D eigenvalue weighted by atomic mass is 9.49. The summed E-state index contributed by atoms with van der Waals surface area (Å²) in [5.41, 5.74) is 1.16. The standard InChI is InChI=1S/C26H35N3O3/c30-23(15-26-12-18-8-19(13-26)10-20(9-18)14-26)27-16-24(31)29-22(25(32)28-21-6-7-21)11-17-4-2-1-3-5-17/h1-5,18-22H,6-16H2,(H,27,30)(H,28,32)(H,29,31). The zero-order valence-corrected chi connectivity index (χ0v) is 18.8. The maximum Gasteiger partial charge on any atom is 0.243 e. The monoisotopic (exact) mass is 437 g/mol. The summed E-state index contributed by atoms with van der Waals surface area (Å²) in [6.45, 7) is -0.0762. The molecule has 4 bridgehead atoms. The summed E-state index contributed by atoms with van der Waals surface area (Å²) in [6.07, 6.45) is 10.6. The zero-order chi connectivity index (χ0) is 22.1. The van der Waals surface area contributed by atoms with Crippen molar-refractivity contribution in [2.75, 3.05) is 6.54 Å². The molecular weight excluding hydrogens is 402 g/mol. The van der Waals surface area contributed by atoms with Crippen LogP contribution in [0.5, 0.6) is 0 Å². The van der Waals surface area contributed by atoms with Crippen LogP contribution in [0, 0.1) is 23.2 Å². The number of carbonyl (C=O) groups is 3. The SMILES string of the molecule is O=C(CC12CC3CC(CC(C3)C1)C2)NCC(=O)NC(Cc1ccccc1)C(=O)NC1CC1. The fourth-order valence-electron chi connectivity index (χ4n) is 6.92. The van der Waals surface area contributed by atoms with E-state index in [0.29, 0.717) is 12.8 Å². The molecule has 0 aromatic heterocycles. The van der Waals surface area contributed by atoms with Gasteiger partial charge in [-0.05, 0) is 80.1 Å². The molecule has 1 unspecified atom stereocenters. The van der Waals surface area contributed by atoms with Crippen LogP contribution in [0.15, 0.2) is 30.3 Å². The van der Waals surface area contributed by atoms with Crippen molar-refractivity contribution in [3.63, 3.8) is 0 Å². The second-order valence-electron chi connectivity index (χ2n) is 11.0. The number of rotatable bonds is 9. The van der Waals surface area contributed by atoms with Crippen molar-refractivity contribution in [3.8, 4) is 0 Å². The van der Waals surface area contributed by atoms with Crippen LogP contribution in [-0.4, -0.2) is 36.3 Å². The Bertz CT molecular complexity index is 829. The van der Waals surface area contributed by atoms with E-state index in [9.17, 15) is 14.4 Å². The van der Waals surface area contributed by atoms with Gasteiger partial charge in [-0.25, -0.2) is 0 Å². The summed E-state index contributed by atoms with van der Waals surface area (Å²) >= 11 is 0. The molecule has 6 rings (SSSR count). The van der Waals surface area contributed by atoms with E-state index in [0.717, 1.165) is 36.2 Å². The first kappa shape index (κ1) is 21.5. The van der Waals surface area contributed by atoms with Crippen LogP contribution in [0.4, 0.5) is 0 Å². The molecule has 172 valence electrons. The molecule has 32 heavy (non-hydrogen) atoms. The van der Waals surface area contributed by atoms with E-state index in [2.05, 4.69) is 16.0 Å². The van der Waals surface area contributed by atoms with Gasteiger partial charge < -0.3 is 16.0 Å². The van der Waals surface area contributed by atoms with Crippen LogP contribution in [-0.2, 0) is 20.8 Å². The molecule has 5 fully saturated rings. The van der Waals surface area contributed by atoms with E-state index in [-0.39, 0.29) is 35.7 Å². The number of amides is 3. The molecule has 0 saturated heterocycles. The Labute approximate surface area is 190 Å². The third-order valence-corrected chi connectivity index (χ3v) is 8.00. The van der Waals surface area contributed by atoms with E-state index >= 15 is 0 Å². The number of benzene rings is 1. The first-order valence-electron chi connectivity index (χ1n) is 12.4. The lowest BCUT2D eigenvalue weighted by Crippen LogP contribution is -2.51. The Morgan fingerprint density at radius 2 is 1.53 bits per heavy atom. The van der Waals surface area contributed by atoms with Gasteiger partial charge in [0, 0.05) is 18.9 Å². The van der Waals surface area contributed by atoms with Crippen molar-refractivity contribution in [2.24, 2.45) is 23.2 Å². The van der Waals surface area contributed by atoms with E-state index in [1.807, 2.05) is 30.3 Å². The average molecular weight is 438 g/mol. The van der Waals surface area contributed by atoms with Crippen molar-refractivity contribution < 1.29 is 14.4 Å². The maximum absolute atomic E-state index is 12.7. The molecule has 3 amide bonds. The molecule has 5 aliphatic carbocycles. The molecule has 1 aromatic carbocycles. The molecule has 0 aliphatic heterocycles. The lowest BCUT2D eigenvalue weighted by molar-refractivity contribution is -0.132. The summed E-state index contributed by atoms with van der Waals surface area (Å²) in [5, 5.41) is 8.67. The van der Waals surface area contributed by atoms with Gasteiger partial charge in [-0.1, -0.05) is 30.3 Å². The Kier molecular flexibility index (Phi) is 5.95. The molecule has 0 heterocycles. The second kappa shape index (κ2) is 8.87. The first-order valence-corrected chi connectivity index (χ1v) is 12.4. The minimum atomic E-state index is -0.634. The highest BCUT2D eigenvalue weighted by Gasteiger charge is 2.51. The molecule has 0 spiro atoms. The summed E-state index contributed by atoms with van der Waals surface area (Å²) in [6, 6.07) is 9.30. The smallest absolute Gasteiger partial charge is 0.243 e. The average Bonchev–Trinajstić information content (AvgIpc) is 3.55. The van der Waals surface area contributed by atoms with Gasteiger partial charge in [0.1, 0.15) is 6.04 Å². The number of hydrogen-bond acceptors (Lipinski definition) is 3. The number of hydrogen-bond donors (Lipinski definition) is 3. The Morgan fingerprint density at radius 1 is 0.906 bits per heavy atom. The van der Waals surface area contributed by atoms with Gasteiger partial charge in [-0.3, -0.25) is 14.4 Å². The Morgan fingerprint density at radius 3 is 2.12 bits per heavy atom. The van der Waals surface area contributed by atoms with Crippen LogP contribution in [0.25, 0.3) is 0 Å². The van der Waals surface area contributed by atoms with E-state index in [1.54, 1.807) is 0 Å². The van der Waals surface area contributed by atoms with E-state index < -0.39 is 6.04 Å². The van der Waals surface area contributed by atoms with Crippen molar-refractivity contribution in [3.05, 3.63) is 35.9 Å². The largest absolute Gasteiger partial charge is 0.352 e. The van der Waals surface area contributed by atoms with E-state index in [4.69, 9.17) is 0 Å². The highest BCUT2D eigenvalue weighted by Crippen LogP contribution is 2.61. The van der Waals surface area contributed by atoms with E-state index in [1.165, 1.54) is 38.5 Å². The molecule has 6 heteroatoms. The predicted octanol–water partition coefficient (Wildman–Crippen LogP) is 2.72. The fraction of sp³-hybridized carbons (Fsp3) is 0.654. The van der Waals surface area contributed by atoms with Crippen molar-refractivity contribution >= 4 is 17.7 Å². The van der Waals surface area contributed by atoms with Gasteiger partial charge in [0.15, 0.2) is 0 Å². The molecule has 1 atom stereocenters. The third kappa shape index (κ3) is 5.16. The normalized spacial score (nSPS) is 31.1. The summed E-state index contributed by atoms with van der Waals surface area (Å²) in [5.74, 6) is 1.94. The van der Waals surface area contributed by atoms with Crippen molar-refractivity contribution in [2.45, 2.75) is 76.3 Å². The molecule has 5 aliphatic rings. The van der Waals surface area contributed by atoms with Gasteiger partial charge in [0.25, 0.3) is 0 Å². The minimum Gasteiger partial charge on any atom is -0.352 e. The first-order chi connectivity index (χ1) is 15.5. The summed E-state index contributed by atoms with van der Waals surface area (Å²) in [4.78, 5) is 38.0. The topological polar surface area (TPSA) is 87.3 Å². The van der Waals surface area contributed by atoms with Crippen LogP contribution in [0.1, 0.15) is 63.4 Å². The summed E-state index contributed by atoms with van der Waals surface area (Å²) < 4.78 is 0. The fourth-order valence-corrected chi connectivity index (χ4v) is 6.92. The summed E-state index contributed by atoms with van der Waals surface area (Å²) in [7, 11) is 0. The molecule has 0 radical (unpaired) electrons. The van der Waals surface area contributed by atoms with Gasteiger partial charge in [-0.2, -0.15) is 0 Å². The Hall–Kier alpha value is -2.37. The maximum atomic E-state index is 12.7. The van der Waals surface area contributed by atoms with Crippen LogP contribution in [0.3, 0.4) is 0 Å². The molecular formula is C26H35N3O3. The third-order valence-electron chi connectivity index (χ3n) is 8.00. The molecule has 1 aromatic rings. The van der Waals surface area contributed by atoms with Crippen LogP contribution < -0.4 is 16.0 Å². The van der Waals surface area contributed by atoms with Crippen LogP contribution >= 0.6 is 0 Å². The minimum absolute atomic E-state index is 0.0239. The highest BCUT2D eigenvalue weighted by molar-refractivity contribution is 5.90. The van der Waals surface area contributed by atoms with Gasteiger partial charge >= 0.3 is 0 Å². The Balaban J connectivity index is 1.13.